The monoisotopic (exact) mass is 247 g/mol. The van der Waals surface area contributed by atoms with E-state index in [9.17, 15) is 8.42 Å². The fourth-order valence-electron chi connectivity index (χ4n) is 3.14. The first-order valence-corrected chi connectivity index (χ1v) is 7.91. The van der Waals surface area contributed by atoms with Gasteiger partial charge < -0.3 is 10.1 Å². The lowest BCUT2D eigenvalue weighted by molar-refractivity contribution is -0.111. The molecule has 3 atom stereocenters. The van der Waals surface area contributed by atoms with Crippen LogP contribution in [0.1, 0.15) is 20.3 Å². The number of sulfone groups is 1. The van der Waals surface area contributed by atoms with Gasteiger partial charge in [-0.15, -0.1) is 0 Å². The van der Waals surface area contributed by atoms with Crippen LogP contribution in [0.4, 0.5) is 0 Å². The van der Waals surface area contributed by atoms with Crippen molar-refractivity contribution in [1.82, 2.24) is 5.32 Å². The fraction of sp³-hybridized carbons (Fsp3) is 1.00. The number of hydrogen-bond acceptors (Lipinski definition) is 4. The molecule has 1 saturated heterocycles. The summed E-state index contributed by atoms with van der Waals surface area (Å²) in [6.45, 7) is 5.79. The highest BCUT2D eigenvalue weighted by Gasteiger charge is 2.58. The van der Waals surface area contributed by atoms with E-state index in [1.165, 1.54) is 6.26 Å². The van der Waals surface area contributed by atoms with Crippen LogP contribution in [0, 0.1) is 11.3 Å². The molecule has 2 fully saturated rings. The summed E-state index contributed by atoms with van der Waals surface area (Å²) in [5.74, 6) is 0.798. The first-order chi connectivity index (χ1) is 7.32. The Morgan fingerprint density at radius 2 is 2.12 bits per heavy atom. The Bertz CT molecular complexity index is 363. The number of rotatable bonds is 4. The molecule has 16 heavy (non-hydrogen) atoms. The number of hydrogen-bond donors (Lipinski definition) is 1. The second-order valence-electron chi connectivity index (χ2n) is 5.63. The molecule has 0 amide bonds. The second-order valence-corrected chi connectivity index (χ2v) is 7.89. The molecule has 0 aromatic heterocycles. The van der Waals surface area contributed by atoms with Crippen molar-refractivity contribution >= 4 is 9.84 Å². The summed E-state index contributed by atoms with van der Waals surface area (Å²) in [6.07, 6.45) is 2.75. The third-order valence-corrected chi connectivity index (χ3v) is 4.88. The van der Waals surface area contributed by atoms with Gasteiger partial charge in [0.2, 0.25) is 0 Å². The zero-order valence-electron chi connectivity index (χ0n) is 10.2. The molecule has 2 aliphatic rings. The van der Waals surface area contributed by atoms with Crippen LogP contribution in [0.2, 0.25) is 0 Å². The van der Waals surface area contributed by atoms with Crippen molar-refractivity contribution in [1.29, 1.82) is 0 Å². The van der Waals surface area contributed by atoms with Gasteiger partial charge in [-0.05, 0) is 6.42 Å². The van der Waals surface area contributed by atoms with Crippen molar-refractivity contribution in [2.45, 2.75) is 32.4 Å². The van der Waals surface area contributed by atoms with Gasteiger partial charge >= 0.3 is 0 Å². The van der Waals surface area contributed by atoms with Crippen LogP contribution in [0.5, 0.6) is 0 Å². The van der Waals surface area contributed by atoms with Crippen molar-refractivity contribution in [2.24, 2.45) is 11.3 Å². The van der Waals surface area contributed by atoms with Crippen molar-refractivity contribution in [3.8, 4) is 0 Å². The van der Waals surface area contributed by atoms with E-state index in [-0.39, 0.29) is 11.2 Å². The average Bonchev–Trinajstić information content (AvgIpc) is 2.56. The summed E-state index contributed by atoms with van der Waals surface area (Å²) >= 11 is 0. The first-order valence-electron chi connectivity index (χ1n) is 5.85. The highest BCUT2D eigenvalue weighted by molar-refractivity contribution is 7.90. The van der Waals surface area contributed by atoms with Gasteiger partial charge in [0.25, 0.3) is 0 Å². The fourth-order valence-corrected chi connectivity index (χ4v) is 3.63. The lowest BCUT2D eigenvalue weighted by Gasteiger charge is -2.55. The maximum absolute atomic E-state index is 11.0. The molecular formula is C11H21NO3S. The zero-order valence-corrected chi connectivity index (χ0v) is 11.0. The van der Waals surface area contributed by atoms with Gasteiger partial charge in [0.05, 0.1) is 11.9 Å². The van der Waals surface area contributed by atoms with Crippen molar-refractivity contribution in [3.63, 3.8) is 0 Å². The van der Waals surface area contributed by atoms with Gasteiger partial charge in [0, 0.05) is 36.8 Å². The van der Waals surface area contributed by atoms with Crippen LogP contribution in [-0.4, -0.2) is 45.7 Å². The summed E-state index contributed by atoms with van der Waals surface area (Å²) in [7, 11) is -2.86. The van der Waals surface area contributed by atoms with Crippen molar-refractivity contribution in [2.75, 3.05) is 25.2 Å². The Morgan fingerprint density at radius 1 is 1.44 bits per heavy atom. The van der Waals surface area contributed by atoms with Crippen molar-refractivity contribution < 1.29 is 13.2 Å². The predicted octanol–water partition coefficient (Wildman–Crippen LogP) is 0.434. The Kier molecular flexibility index (Phi) is 3.05. The molecule has 0 spiro atoms. The molecule has 1 aliphatic carbocycles. The average molecular weight is 247 g/mol. The van der Waals surface area contributed by atoms with Gasteiger partial charge in [-0.2, -0.15) is 0 Å². The first kappa shape index (κ1) is 12.3. The summed E-state index contributed by atoms with van der Waals surface area (Å²) in [5, 5.41) is 3.38. The van der Waals surface area contributed by atoms with Crippen LogP contribution >= 0.6 is 0 Å². The van der Waals surface area contributed by atoms with E-state index >= 15 is 0 Å². The molecule has 1 saturated carbocycles. The summed E-state index contributed by atoms with van der Waals surface area (Å²) in [5.41, 5.74) is 0.138. The van der Waals surface area contributed by atoms with Crippen LogP contribution in [-0.2, 0) is 14.6 Å². The van der Waals surface area contributed by atoms with E-state index < -0.39 is 9.84 Å². The highest BCUT2D eigenvalue weighted by Crippen LogP contribution is 2.51. The summed E-state index contributed by atoms with van der Waals surface area (Å²) < 4.78 is 27.8. The molecule has 94 valence electrons. The molecule has 3 unspecified atom stereocenters. The van der Waals surface area contributed by atoms with E-state index in [4.69, 9.17) is 4.74 Å². The molecule has 0 aromatic carbocycles. The molecule has 1 N–H and O–H groups in total. The van der Waals surface area contributed by atoms with Gasteiger partial charge in [-0.3, -0.25) is 0 Å². The van der Waals surface area contributed by atoms with Gasteiger partial charge in [0.1, 0.15) is 9.84 Å². The van der Waals surface area contributed by atoms with E-state index in [2.05, 4.69) is 19.2 Å². The number of nitrogens with one attached hydrogen (secondary N) is 1. The molecule has 0 radical (unpaired) electrons. The SMILES string of the molecule is CC1(C)C(NCCS(C)(=O)=O)C2CCOC21. The quantitative estimate of drug-likeness (QED) is 0.783. The molecule has 4 nitrogen and oxygen atoms in total. The lowest BCUT2D eigenvalue weighted by Crippen LogP contribution is -2.66. The number of fused-ring (bicyclic) bond motifs is 1. The molecule has 1 heterocycles. The largest absolute Gasteiger partial charge is 0.377 e. The Balaban J connectivity index is 1.86. The van der Waals surface area contributed by atoms with Gasteiger partial charge in [0.15, 0.2) is 0 Å². The van der Waals surface area contributed by atoms with Crippen LogP contribution in [0.15, 0.2) is 0 Å². The van der Waals surface area contributed by atoms with E-state index in [0.29, 0.717) is 24.6 Å². The maximum atomic E-state index is 11.0. The molecule has 5 heteroatoms. The van der Waals surface area contributed by atoms with Gasteiger partial charge in [-0.25, -0.2) is 8.42 Å². The van der Waals surface area contributed by atoms with Gasteiger partial charge in [-0.1, -0.05) is 13.8 Å². The lowest BCUT2D eigenvalue weighted by atomic mass is 9.57. The zero-order chi connectivity index (χ0) is 12.0. The Labute approximate surface area is 97.7 Å². The molecule has 1 aliphatic heterocycles. The summed E-state index contributed by atoms with van der Waals surface area (Å²) in [6, 6.07) is 0.404. The highest BCUT2D eigenvalue weighted by atomic mass is 32.2. The van der Waals surface area contributed by atoms with E-state index in [0.717, 1.165) is 13.0 Å². The number of ether oxygens (including phenoxy) is 1. The summed E-state index contributed by atoms with van der Waals surface area (Å²) in [4.78, 5) is 0. The van der Waals surface area contributed by atoms with Crippen LogP contribution < -0.4 is 5.32 Å². The van der Waals surface area contributed by atoms with E-state index in [1.54, 1.807) is 0 Å². The minimum absolute atomic E-state index is 0.138. The van der Waals surface area contributed by atoms with E-state index in [1.807, 2.05) is 0 Å². The Hall–Kier alpha value is -0.130. The standard InChI is InChI=1S/C11H21NO3S/c1-11(2)9(8-4-6-15-10(8)11)12-5-7-16(3,13)14/h8-10,12H,4-7H2,1-3H3. The molecule has 0 aromatic rings. The minimum Gasteiger partial charge on any atom is -0.377 e. The second kappa shape index (κ2) is 3.96. The smallest absolute Gasteiger partial charge is 0.148 e. The van der Waals surface area contributed by atoms with Crippen molar-refractivity contribution in [3.05, 3.63) is 0 Å². The normalized spacial score (nSPS) is 36.8. The Morgan fingerprint density at radius 3 is 2.75 bits per heavy atom. The molecule has 0 bridgehead atoms. The minimum atomic E-state index is -2.86. The molecular weight excluding hydrogens is 226 g/mol. The topological polar surface area (TPSA) is 55.4 Å². The van der Waals surface area contributed by atoms with Crippen LogP contribution in [0.25, 0.3) is 0 Å². The van der Waals surface area contributed by atoms with Crippen LogP contribution in [0.3, 0.4) is 0 Å². The predicted molar refractivity (Wildman–Crippen MR) is 63.1 cm³/mol. The third-order valence-electron chi connectivity index (χ3n) is 3.94. The molecule has 2 rings (SSSR count). The third kappa shape index (κ3) is 2.13. The maximum Gasteiger partial charge on any atom is 0.148 e.